The molecule has 2 rings (SSSR count). The molecule has 0 aromatic heterocycles. The van der Waals surface area contributed by atoms with Crippen LogP contribution in [0.5, 0.6) is 0 Å². The van der Waals surface area contributed by atoms with Crippen LogP contribution in [0.4, 0.5) is 0 Å². The molecule has 0 saturated heterocycles. The molecule has 1 saturated carbocycles. The zero-order valence-electron chi connectivity index (χ0n) is 14.2. The van der Waals surface area contributed by atoms with Crippen molar-refractivity contribution >= 4 is 0 Å². The number of nitrogens with one attached hydrogen (secondary N) is 1. The molecule has 3 unspecified atom stereocenters. The van der Waals surface area contributed by atoms with Gasteiger partial charge in [0.15, 0.2) is 0 Å². The van der Waals surface area contributed by atoms with E-state index in [1.807, 2.05) is 0 Å². The molecule has 1 nitrogen and oxygen atoms in total. The van der Waals surface area contributed by atoms with Crippen molar-refractivity contribution in [2.75, 3.05) is 6.54 Å². The van der Waals surface area contributed by atoms with Gasteiger partial charge in [-0.05, 0) is 68.5 Å². The third-order valence-electron chi connectivity index (χ3n) is 5.19. The first-order valence-electron chi connectivity index (χ1n) is 9.02. The highest BCUT2D eigenvalue weighted by molar-refractivity contribution is 5.26. The lowest BCUT2D eigenvalue weighted by molar-refractivity contribution is 0.193. The van der Waals surface area contributed by atoms with Crippen LogP contribution in [0.15, 0.2) is 24.3 Å². The van der Waals surface area contributed by atoms with Crippen LogP contribution < -0.4 is 5.32 Å². The van der Waals surface area contributed by atoms with E-state index in [9.17, 15) is 0 Å². The average molecular weight is 287 g/mol. The molecular formula is C20H33N. The maximum Gasteiger partial charge on any atom is 0.00987 e. The van der Waals surface area contributed by atoms with Crippen molar-refractivity contribution in [3.05, 3.63) is 35.4 Å². The predicted molar refractivity (Wildman–Crippen MR) is 92.7 cm³/mol. The molecule has 0 heterocycles. The number of hydrogen-bond acceptors (Lipinski definition) is 1. The Balaban J connectivity index is 2.03. The number of aryl methyl sites for hydroxylation is 1. The van der Waals surface area contributed by atoms with Crippen LogP contribution in [0.3, 0.4) is 0 Å². The summed E-state index contributed by atoms with van der Waals surface area (Å²) < 4.78 is 0. The summed E-state index contributed by atoms with van der Waals surface area (Å²) in [4.78, 5) is 0. The second-order valence-electron chi connectivity index (χ2n) is 6.92. The third kappa shape index (κ3) is 4.85. The van der Waals surface area contributed by atoms with Gasteiger partial charge in [-0.15, -0.1) is 0 Å². The number of rotatable bonds is 7. The summed E-state index contributed by atoms with van der Waals surface area (Å²) in [6, 6.07) is 9.68. The summed E-state index contributed by atoms with van der Waals surface area (Å²) in [5, 5.41) is 3.82. The molecule has 0 radical (unpaired) electrons. The lowest BCUT2D eigenvalue weighted by Gasteiger charge is -2.37. The summed E-state index contributed by atoms with van der Waals surface area (Å²) in [5.41, 5.74) is 3.02. The average Bonchev–Trinajstić information content (AvgIpc) is 2.49. The van der Waals surface area contributed by atoms with Gasteiger partial charge in [-0.25, -0.2) is 0 Å². The molecule has 1 heteroatoms. The van der Waals surface area contributed by atoms with E-state index in [-0.39, 0.29) is 0 Å². The lowest BCUT2D eigenvalue weighted by atomic mass is 9.73. The highest BCUT2D eigenvalue weighted by Crippen LogP contribution is 2.34. The van der Waals surface area contributed by atoms with Crippen LogP contribution >= 0.6 is 0 Å². The zero-order chi connectivity index (χ0) is 15.1. The lowest BCUT2D eigenvalue weighted by Crippen LogP contribution is -2.42. The van der Waals surface area contributed by atoms with Gasteiger partial charge in [-0.2, -0.15) is 0 Å². The fourth-order valence-corrected chi connectivity index (χ4v) is 3.98. The second-order valence-corrected chi connectivity index (χ2v) is 6.92. The summed E-state index contributed by atoms with van der Waals surface area (Å²) in [6.07, 6.45) is 9.49. The first-order valence-corrected chi connectivity index (χ1v) is 9.02. The fourth-order valence-electron chi connectivity index (χ4n) is 3.98. The summed E-state index contributed by atoms with van der Waals surface area (Å²) in [6.45, 7) is 8.04. The van der Waals surface area contributed by atoms with E-state index in [1.165, 1.54) is 57.1 Å². The third-order valence-corrected chi connectivity index (χ3v) is 5.19. The molecule has 0 spiro atoms. The van der Waals surface area contributed by atoms with Crippen LogP contribution in [0.1, 0.15) is 63.5 Å². The van der Waals surface area contributed by atoms with Gasteiger partial charge in [0.25, 0.3) is 0 Å². The first-order chi connectivity index (χ1) is 10.2. The molecule has 1 aromatic rings. The van der Waals surface area contributed by atoms with Crippen LogP contribution in [0, 0.1) is 18.8 Å². The summed E-state index contributed by atoms with van der Waals surface area (Å²) in [5.74, 6) is 1.78. The summed E-state index contributed by atoms with van der Waals surface area (Å²) >= 11 is 0. The number of benzene rings is 1. The normalized spacial score (nSPS) is 26.0. The van der Waals surface area contributed by atoms with Crippen molar-refractivity contribution in [1.82, 2.24) is 5.32 Å². The first kappa shape index (κ1) is 16.5. The smallest absolute Gasteiger partial charge is 0.00987 e. The van der Waals surface area contributed by atoms with Crippen LogP contribution in [-0.4, -0.2) is 12.6 Å². The van der Waals surface area contributed by atoms with E-state index in [4.69, 9.17) is 0 Å². The zero-order valence-corrected chi connectivity index (χ0v) is 14.2. The topological polar surface area (TPSA) is 12.0 Å². The highest BCUT2D eigenvalue weighted by Gasteiger charge is 2.29. The quantitative estimate of drug-likeness (QED) is 0.733. The Hall–Kier alpha value is -0.820. The minimum atomic E-state index is 0.734. The standard InChI is InChI=1S/C20H33N/c1-4-8-17-11-12-20(21-13-5-2)19(14-17)15-18-10-7-6-9-16(18)3/h6-7,9-10,17,19-21H,4-5,8,11-15H2,1-3H3. The molecule has 118 valence electrons. The molecule has 21 heavy (non-hydrogen) atoms. The maximum atomic E-state index is 3.82. The molecular weight excluding hydrogens is 254 g/mol. The molecule has 1 aliphatic carbocycles. The Morgan fingerprint density at radius 1 is 1.10 bits per heavy atom. The van der Waals surface area contributed by atoms with Crippen molar-refractivity contribution < 1.29 is 0 Å². The molecule has 0 aliphatic heterocycles. The van der Waals surface area contributed by atoms with Gasteiger partial charge in [0.05, 0.1) is 0 Å². The minimum Gasteiger partial charge on any atom is -0.314 e. The van der Waals surface area contributed by atoms with Crippen LogP contribution in [0.2, 0.25) is 0 Å². The molecule has 1 aliphatic rings. The van der Waals surface area contributed by atoms with Gasteiger partial charge in [0.1, 0.15) is 0 Å². The maximum absolute atomic E-state index is 3.82. The second kappa shape index (κ2) is 8.58. The molecule has 0 amide bonds. The van der Waals surface area contributed by atoms with E-state index in [0.717, 1.165) is 17.9 Å². The largest absolute Gasteiger partial charge is 0.314 e. The van der Waals surface area contributed by atoms with E-state index >= 15 is 0 Å². The van der Waals surface area contributed by atoms with Crippen molar-refractivity contribution in [1.29, 1.82) is 0 Å². The summed E-state index contributed by atoms with van der Waals surface area (Å²) in [7, 11) is 0. The number of hydrogen-bond donors (Lipinski definition) is 1. The minimum absolute atomic E-state index is 0.734. The molecule has 3 atom stereocenters. The monoisotopic (exact) mass is 287 g/mol. The van der Waals surface area contributed by atoms with Gasteiger partial charge in [-0.1, -0.05) is 51.0 Å². The van der Waals surface area contributed by atoms with Gasteiger partial charge < -0.3 is 5.32 Å². The van der Waals surface area contributed by atoms with Crippen molar-refractivity contribution in [3.63, 3.8) is 0 Å². The van der Waals surface area contributed by atoms with Gasteiger partial charge >= 0.3 is 0 Å². The molecule has 1 N–H and O–H groups in total. The highest BCUT2D eigenvalue weighted by atomic mass is 14.9. The Bertz CT molecular complexity index is 412. The van der Waals surface area contributed by atoms with Crippen molar-refractivity contribution in [3.8, 4) is 0 Å². The van der Waals surface area contributed by atoms with Gasteiger partial charge in [-0.3, -0.25) is 0 Å². The predicted octanol–water partition coefficient (Wildman–Crippen LogP) is 5.12. The van der Waals surface area contributed by atoms with E-state index in [1.54, 1.807) is 5.56 Å². The molecule has 0 bridgehead atoms. The van der Waals surface area contributed by atoms with Gasteiger partial charge in [0.2, 0.25) is 0 Å². The SMILES string of the molecule is CCCNC1CCC(CCC)CC1Cc1ccccc1C. The Labute approximate surface area is 131 Å². The van der Waals surface area contributed by atoms with E-state index < -0.39 is 0 Å². The van der Waals surface area contributed by atoms with Crippen molar-refractivity contribution in [2.24, 2.45) is 11.8 Å². The van der Waals surface area contributed by atoms with E-state index in [2.05, 4.69) is 50.4 Å². The Kier molecular flexibility index (Phi) is 6.76. The van der Waals surface area contributed by atoms with Crippen LogP contribution in [0.25, 0.3) is 0 Å². The molecule has 1 fully saturated rings. The van der Waals surface area contributed by atoms with E-state index in [0.29, 0.717) is 0 Å². The Morgan fingerprint density at radius 2 is 1.90 bits per heavy atom. The Morgan fingerprint density at radius 3 is 2.62 bits per heavy atom. The van der Waals surface area contributed by atoms with Crippen LogP contribution in [-0.2, 0) is 6.42 Å². The fraction of sp³-hybridized carbons (Fsp3) is 0.700. The molecule has 1 aromatic carbocycles. The van der Waals surface area contributed by atoms with Crippen molar-refractivity contribution in [2.45, 2.75) is 71.8 Å². The van der Waals surface area contributed by atoms with Gasteiger partial charge in [0, 0.05) is 6.04 Å².